The zero-order valence-corrected chi connectivity index (χ0v) is 20.5. The van der Waals surface area contributed by atoms with Crippen molar-refractivity contribution in [2.45, 2.75) is 85.1 Å². The number of piperidine rings is 1. The lowest BCUT2D eigenvalue weighted by Gasteiger charge is -2.49. The third-order valence-corrected chi connectivity index (χ3v) is 7.54. The van der Waals surface area contributed by atoms with Crippen molar-refractivity contribution in [3.8, 4) is 0 Å². The summed E-state index contributed by atoms with van der Waals surface area (Å²) in [5.74, 6) is 2.76. The van der Waals surface area contributed by atoms with Crippen LogP contribution in [0.1, 0.15) is 73.6 Å². The number of rotatable bonds is 9. The minimum atomic E-state index is 0.122. The van der Waals surface area contributed by atoms with E-state index < -0.39 is 0 Å². The molecule has 1 heterocycles. The third kappa shape index (κ3) is 8.03. The molecular weight excluding hydrogens is 382 g/mol. The summed E-state index contributed by atoms with van der Waals surface area (Å²) >= 11 is 6.34. The molecule has 0 bridgehead atoms. The molecule has 2 aliphatic rings. The molecule has 0 spiro atoms. The molecule has 1 aliphatic carbocycles. The molecule has 0 radical (unpaired) electrons. The largest absolute Gasteiger partial charge is 0.351 e. The van der Waals surface area contributed by atoms with Crippen LogP contribution in [0.15, 0.2) is 0 Å². The van der Waals surface area contributed by atoms with Gasteiger partial charge in [-0.2, -0.15) is 0 Å². The number of carbonyl (C=O) groups excluding carboxylic acids is 1. The second kappa shape index (κ2) is 11.3. The molecule has 2 fully saturated rings. The fourth-order valence-electron chi connectivity index (χ4n) is 5.43. The highest BCUT2D eigenvalue weighted by atomic mass is 35.5. The van der Waals surface area contributed by atoms with Crippen molar-refractivity contribution in [1.29, 1.82) is 0 Å². The summed E-state index contributed by atoms with van der Waals surface area (Å²) < 4.78 is 0. The van der Waals surface area contributed by atoms with E-state index in [-0.39, 0.29) is 11.9 Å². The molecule has 1 unspecified atom stereocenters. The number of carbonyl (C=O) groups is 1. The summed E-state index contributed by atoms with van der Waals surface area (Å²) in [6.07, 6.45) is 6.26. The number of alkyl halides is 1. The smallest absolute Gasteiger partial charge is 0.234 e. The second-order valence-electron chi connectivity index (χ2n) is 11.1. The van der Waals surface area contributed by atoms with Crippen LogP contribution in [0, 0.1) is 29.1 Å². The summed E-state index contributed by atoms with van der Waals surface area (Å²) in [5.41, 5.74) is 0.326. The molecule has 0 aromatic rings. The summed E-state index contributed by atoms with van der Waals surface area (Å²) in [6, 6.07) is 0.211. The minimum absolute atomic E-state index is 0.122. The normalized spacial score (nSPS) is 29.2. The summed E-state index contributed by atoms with van der Waals surface area (Å²) in [5, 5.41) is 6.94. The quantitative estimate of drug-likeness (QED) is 0.531. The van der Waals surface area contributed by atoms with E-state index in [2.05, 4.69) is 57.1 Å². The first-order valence-electron chi connectivity index (χ1n) is 11.9. The lowest BCUT2D eigenvalue weighted by atomic mass is 9.64. The van der Waals surface area contributed by atoms with E-state index in [9.17, 15) is 4.79 Å². The predicted molar refractivity (Wildman–Crippen MR) is 124 cm³/mol. The monoisotopic (exact) mass is 427 g/mol. The van der Waals surface area contributed by atoms with Crippen molar-refractivity contribution < 1.29 is 4.79 Å². The fraction of sp³-hybridized carbons (Fsp3) is 0.958. The SMILES string of the molecule is CC(C)CNCC(=O)N[C@@H](CN1CCC(C2CCC(Cl)CC2)C(C)(C)C1)C(C)C. The zero-order chi connectivity index (χ0) is 21.6. The van der Waals surface area contributed by atoms with Gasteiger partial charge < -0.3 is 15.5 Å². The number of nitrogens with zero attached hydrogens (tertiary/aromatic N) is 1. The molecule has 29 heavy (non-hydrogen) atoms. The highest BCUT2D eigenvalue weighted by Gasteiger charge is 2.41. The van der Waals surface area contributed by atoms with Crippen LogP contribution in [0.25, 0.3) is 0 Å². The Balaban J connectivity index is 1.85. The minimum Gasteiger partial charge on any atom is -0.351 e. The van der Waals surface area contributed by atoms with Gasteiger partial charge in [-0.3, -0.25) is 4.79 Å². The van der Waals surface area contributed by atoms with Gasteiger partial charge in [0.15, 0.2) is 0 Å². The zero-order valence-electron chi connectivity index (χ0n) is 19.8. The third-order valence-electron chi connectivity index (χ3n) is 7.11. The van der Waals surface area contributed by atoms with E-state index in [1.54, 1.807) is 0 Å². The highest BCUT2D eigenvalue weighted by molar-refractivity contribution is 6.20. The predicted octanol–water partition coefficient (Wildman–Crippen LogP) is 4.52. The first-order valence-corrected chi connectivity index (χ1v) is 12.4. The summed E-state index contributed by atoms with van der Waals surface area (Å²) in [6.45, 7) is 18.2. The average Bonchev–Trinajstić information content (AvgIpc) is 2.61. The maximum Gasteiger partial charge on any atom is 0.234 e. The van der Waals surface area contributed by atoms with E-state index in [0.29, 0.717) is 29.2 Å². The van der Waals surface area contributed by atoms with Gasteiger partial charge in [-0.05, 0) is 74.3 Å². The van der Waals surface area contributed by atoms with Crippen LogP contribution >= 0.6 is 11.6 Å². The van der Waals surface area contributed by atoms with Crippen molar-refractivity contribution in [2.24, 2.45) is 29.1 Å². The van der Waals surface area contributed by atoms with E-state index in [1.807, 2.05) is 0 Å². The van der Waals surface area contributed by atoms with E-state index in [4.69, 9.17) is 11.6 Å². The number of hydrogen-bond acceptors (Lipinski definition) is 3. The van der Waals surface area contributed by atoms with Gasteiger partial charge in [0, 0.05) is 24.5 Å². The molecule has 1 saturated heterocycles. The summed E-state index contributed by atoms with van der Waals surface area (Å²) in [4.78, 5) is 15.0. The van der Waals surface area contributed by atoms with Crippen molar-refractivity contribution in [1.82, 2.24) is 15.5 Å². The van der Waals surface area contributed by atoms with Crippen molar-refractivity contribution in [3.63, 3.8) is 0 Å². The van der Waals surface area contributed by atoms with Gasteiger partial charge in [-0.25, -0.2) is 0 Å². The number of likely N-dealkylation sites (tertiary alicyclic amines) is 1. The average molecular weight is 428 g/mol. The topological polar surface area (TPSA) is 44.4 Å². The first kappa shape index (κ1) is 24.9. The fourth-order valence-corrected chi connectivity index (χ4v) is 5.68. The van der Waals surface area contributed by atoms with E-state index >= 15 is 0 Å². The lowest BCUT2D eigenvalue weighted by molar-refractivity contribution is -0.121. The van der Waals surface area contributed by atoms with Gasteiger partial charge in [-0.1, -0.05) is 41.5 Å². The van der Waals surface area contributed by atoms with Crippen LogP contribution in [-0.2, 0) is 4.79 Å². The Morgan fingerprint density at radius 3 is 2.31 bits per heavy atom. The van der Waals surface area contributed by atoms with E-state index in [0.717, 1.165) is 38.0 Å². The number of hydrogen-bond donors (Lipinski definition) is 2. The Hall–Kier alpha value is -0.320. The van der Waals surface area contributed by atoms with Crippen molar-refractivity contribution in [2.75, 3.05) is 32.7 Å². The standard InChI is InChI=1S/C24H46ClN3O/c1-17(2)13-26-14-23(29)27-22(18(3)4)15-28-12-11-21(24(5,6)16-28)19-7-9-20(25)10-8-19/h17-22,26H,7-16H2,1-6H3,(H,27,29)/t19?,20?,21?,22-/m0/s1. The molecule has 1 aliphatic heterocycles. The van der Waals surface area contributed by atoms with Crippen LogP contribution in [-0.4, -0.2) is 54.9 Å². The van der Waals surface area contributed by atoms with Crippen LogP contribution < -0.4 is 10.6 Å². The Morgan fingerprint density at radius 2 is 1.76 bits per heavy atom. The molecule has 2 rings (SSSR count). The lowest BCUT2D eigenvalue weighted by Crippen LogP contribution is -2.54. The van der Waals surface area contributed by atoms with Crippen LogP contribution in [0.4, 0.5) is 0 Å². The molecule has 1 amide bonds. The van der Waals surface area contributed by atoms with Crippen LogP contribution in [0.2, 0.25) is 0 Å². The molecule has 2 atom stereocenters. The van der Waals surface area contributed by atoms with Gasteiger partial charge in [0.1, 0.15) is 0 Å². The Kier molecular flexibility index (Phi) is 9.76. The number of amides is 1. The van der Waals surface area contributed by atoms with Gasteiger partial charge in [0.2, 0.25) is 5.91 Å². The Morgan fingerprint density at radius 1 is 1.10 bits per heavy atom. The molecule has 5 heteroatoms. The second-order valence-corrected chi connectivity index (χ2v) is 11.7. The Bertz CT molecular complexity index is 500. The van der Waals surface area contributed by atoms with Gasteiger partial charge >= 0.3 is 0 Å². The van der Waals surface area contributed by atoms with Gasteiger partial charge in [0.25, 0.3) is 0 Å². The number of halogens is 1. The van der Waals surface area contributed by atoms with Gasteiger partial charge in [-0.15, -0.1) is 11.6 Å². The van der Waals surface area contributed by atoms with Crippen molar-refractivity contribution in [3.05, 3.63) is 0 Å². The molecule has 0 aromatic carbocycles. The van der Waals surface area contributed by atoms with Crippen molar-refractivity contribution >= 4 is 17.5 Å². The van der Waals surface area contributed by atoms with Gasteiger partial charge in [0.05, 0.1) is 6.54 Å². The van der Waals surface area contributed by atoms with Crippen LogP contribution in [0.5, 0.6) is 0 Å². The molecule has 1 saturated carbocycles. The highest BCUT2D eigenvalue weighted by Crippen LogP contribution is 2.45. The molecular formula is C24H46ClN3O. The molecule has 2 N–H and O–H groups in total. The first-order chi connectivity index (χ1) is 13.6. The molecule has 0 aromatic heterocycles. The maximum absolute atomic E-state index is 12.4. The maximum atomic E-state index is 12.4. The molecule has 4 nitrogen and oxygen atoms in total. The number of nitrogens with one attached hydrogen (secondary N) is 2. The van der Waals surface area contributed by atoms with E-state index in [1.165, 1.54) is 32.1 Å². The molecule has 170 valence electrons. The summed E-state index contributed by atoms with van der Waals surface area (Å²) in [7, 11) is 0. The Labute approximate surface area is 184 Å². The van der Waals surface area contributed by atoms with Crippen LogP contribution in [0.3, 0.4) is 0 Å².